The van der Waals surface area contributed by atoms with E-state index in [0.29, 0.717) is 6.54 Å². The van der Waals surface area contributed by atoms with Crippen molar-refractivity contribution in [2.45, 2.75) is 66.0 Å². The van der Waals surface area contributed by atoms with E-state index in [9.17, 15) is 9.90 Å². The van der Waals surface area contributed by atoms with Gasteiger partial charge in [0.25, 0.3) is 0 Å². The van der Waals surface area contributed by atoms with Gasteiger partial charge < -0.3 is 5.11 Å². The standard InChI is InChI=1S/C13H27NO3/c1-6-7-8-9-14(17-11(4)5)12(10(2)3)13(15)16/h10-12H,6-9H2,1-5H3,(H,15,16). The highest BCUT2D eigenvalue weighted by Crippen LogP contribution is 2.15. The van der Waals surface area contributed by atoms with Gasteiger partial charge in [-0.25, -0.2) is 0 Å². The van der Waals surface area contributed by atoms with Gasteiger partial charge in [-0.05, 0) is 26.2 Å². The van der Waals surface area contributed by atoms with Crippen LogP contribution in [0.4, 0.5) is 0 Å². The van der Waals surface area contributed by atoms with Gasteiger partial charge in [0.15, 0.2) is 0 Å². The van der Waals surface area contributed by atoms with Crippen LogP contribution in [0.25, 0.3) is 0 Å². The minimum Gasteiger partial charge on any atom is -0.480 e. The Morgan fingerprint density at radius 1 is 1.24 bits per heavy atom. The van der Waals surface area contributed by atoms with E-state index < -0.39 is 12.0 Å². The van der Waals surface area contributed by atoms with E-state index in [1.54, 1.807) is 5.06 Å². The SMILES string of the molecule is CCCCCN(OC(C)C)C(C(=O)O)C(C)C. The Hall–Kier alpha value is -0.610. The summed E-state index contributed by atoms with van der Waals surface area (Å²) >= 11 is 0. The molecule has 0 saturated heterocycles. The maximum Gasteiger partial charge on any atom is 0.323 e. The Kier molecular flexibility index (Phi) is 8.17. The van der Waals surface area contributed by atoms with Crippen molar-refractivity contribution in [1.29, 1.82) is 0 Å². The number of hydrogen-bond donors (Lipinski definition) is 1. The van der Waals surface area contributed by atoms with E-state index in [-0.39, 0.29) is 12.0 Å². The first-order valence-electron chi connectivity index (χ1n) is 6.56. The van der Waals surface area contributed by atoms with Gasteiger partial charge in [0.2, 0.25) is 0 Å². The van der Waals surface area contributed by atoms with Crippen molar-refractivity contribution in [2.75, 3.05) is 6.54 Å². The average Bonchev–Trinajstić information content (AvgIpc) is 2.15. The van der Waals surface area contributed by atoms with Gasteiger partial charge in [0, 0.05) is 6.54 Å². The molecule has 0 bridgehead atoms. The molecule has 0 aromatic carbocycles. The monoisotopic (exact) mass is 245 g/mol. The van der Waals surface area contributed by atoms with Gasteiger partial charge >= 0.3 is 5.97 Å². The van der Waals surface area contributed by atoms with Crippen LogP contribution in [0.5, 0.6) is 0 Å². The predicted octanol–water partition coefficient (Wildman–Crippen LogP) is 2.93. The maximum absolute atomic E-state index is 11.3. The van der Waals surface area contributed by atoms with Gasteiger partial charge in [-0.1, -0.05) is 33.6 Å². The molecule has 0 aromatic heterocycles. The van der Waals surface area contributed by atoms with Crippen molar-refractivity contribution in [3.8, 4) is 0 Å². The normalized spacial score (nSPS) is 13.6. The summed E-state index contributed by atoms with van der Waals surface area (Å²) in [6.07, 6.45) is 3.20. The lowest BCUT2D eigenvalue weighted by Crippen LogP contribution is -2.46. The Morgan fingerprint density at radius 3 is 2.18 bits per heavy atom. The summed E-state index contributed by atoms with van der Waals surface area (Å²) in [5, 5.41) is 10.9. The van der Waals surface area contributed by atoms with Gasteiger partial charge in [0.05, 0.1) is 6.10 Å². The van der Waals surface area contributed by atoms with E-state index in [4.69, 9.17) is 4.84 Å². The number of carboxylic acids is 1. The molecular formula is C13H27NO3. The average molecular weight is 245 g/mol. The molecule has 0 aliphatic rings. The number of aliphatic carboxylic acids is 1. The molecule has 0 rings (SSSR count). The molecule has 0 amide bonds. The highest BCUT2D eigenvalue weighted by Gasteiger charge is 2.29. The number of rotatable bonds is 9. The third-order valence-electron chi connectivity index (χ3n) is 2.52. The van der Waals surface area contributed by atoms with Gasteiger partial charge in [-0.15, -0.1) is 0 Å². The first-order chi connectivity index (χ1) is 7.90. The topological polar surface area (TPSA) is 49.8 Å². The second-order valence-electron chi connectivity index (χ2n) is 5.03. The fourth-order valence-corrected chi connectivity index (χ4v) is 1.79. The lowest BCUT2D eigenvalue weighted by Gasteiger charge is -2.31. The zero-order valence-corrected chi connectivity index (χ0v) is 11.8. The number of carboxylic acid groups (broad SMARTS) is 1. The summed E-state index contributed by atoms with van der Waals surface area (Å²) in [5.41, 5.74) is 0. The second kappa shape index (κ2) is 8.48. The van der Waals surface area contributed by atoms with Gasteiger partial charge in [-0.3, -0.25) is 9.63 Å². The van der Waals surface area contributed by atoms with Crippen molar-refractivity contribution < 1.29 is 14.7 Å². The van der Waals surface area contributed by atoms with Crippen LogP contribution in [0.1, 0.15) is 53.9 Å². The molecular weight excluding hydrogens is 218 g/mol. The molecule has 17 heavy (non-hydrogen) atoms. The third-order valence-corrected chi connectivity index (χ3v) is 2.52. The number of hydroxylamine groups is 2. The van der Waals surface area contributed by atoms with Crippen LogP contribution in [-0.2, 0) is 9.63 Å². The molecule has 1 unspecified atom stereocenters. The van der Waals surface area contributed by atoms with Crippen molar-refractivity contribution >= 4 is 5.97 Å². The zero-order chi connectivity index (χ0) is 13.4. The molecule has 0 aliphatic heterocycles. The summed E-state index contributed by atoms with van der Waals surface area (Å²) in [5.74, 6) is -0.773. The summed E-state index contributed by atoms with van der Waals surface area (Å²) in [4.78, 5) is 16.9. The van der Waals surface area contributed by atoms with Crippen molar-refractivity contribution in [3.63, 3.8) is 0 Å². The molecule has 4 heteroatoms. The van der Waals surface area contributed by atoms with E-state index in [1.807, 2.05) is 27.7 Å². The molecule has 0 radical (unpaired) electrons. The molecule has 0 saturated carbocycles. The minimum atomic E-state index is -0.808. The van der Waals surface area contributed by atoms with E-state index in [2.05, 4.69) is 6.92 Å². The Morgan fingerprint density at radius 2 is 1.82 bits per heavy atom. The highest BCUT2D eigenvalue weighted by atomic mass is 16.7. The van der Waals surface area contributed by atoms with Crippen LogP contribution in [-0.4, -0.2) is 34.8 Å². The quantitative estimate of drug-likeness (QED) is 0.501. The van der Waals surface area contributed by atoms with Crippen molar-refractivity contribution in [3.05, 3.63) is 0 Å². The Balaban J connectivity index is 4.55. The molecule has 0 spiro atoms. The van der Waals surface area contributed by atoms with E-state index in [1.165, 1.54) is 0 Å². The first kappa shape index (κ1) is 16.4. The molecule has 4 nitrogen and oxygen atoms in total. The summed E-state index contributed by atoms with van der Waals surface area (Å²) in [6, 6.07) is -0.561. The van der Waals surface area contributed by atoms with Crippen LogP contribution in [0.2, 0.25) is 0 Å². The number of hydrogen-bond acceptors (Lipinski definition) is 3. The smallest absolute Gasteiger partial charge is 0.323 e. The number of nitrogens with zero attached hydrogens (tertiary/aromatic N) is 1. The number of carbonyl (C=O) groups is 1. The fourth-order valence-electron chi connectivity index (χ4n) is 1.79. The summed E-state index contributed by atoms with van der Waals surface area (Å²) < 4.78 is 0. The van der Waals surface area contributed by atoms with Crippen LogP contribution < -0.4 is 0 Å². The lowest BCUT2D eigenvalue weighted by molar-refractivity contribution is -0.225. The largest absolute Gasteiger partial charge is 0.480 e. The molecule has 0 heterocycles. The molecule has 0 fully saturated rings. The maximum atomic E-state index is 11.3. The highest BCUT2D eigenvalue weighted by molar-refractivity contribution is 5.73. The number of unbranched alkanes of at least 4 members (excludes halogenated alkanes) is 2. The molecule has 0 aromatic rings. The predicted molar refractivity (Wildman–Crippen MR) is 68.7 cm³/mol. The lowest BCUT2D eigenvalue weighted by atomic mass is 10.0. The summed E-state index contributed by atoms with van der Waals surface area (Å²) in [6.45, 7) is 10.5. The van der Waals surface area contributed by atoms with Crippen LogP contribution in [0.3, 0.4) is 0 Å². The fraction of sp³-hybridized carbons (Fsp3) is 0.923. The summed E-state index contributed by atoms with van der Waals surface area (Å²) in [7, 11) is 0. The molecule has 1 atom stereocenters. The molecule has 0 aliphatic carbocycles. The van der Waals surface area contributed by atoms with Gasteiger partial charge in [0.1, 0.15) is 6.04 Å². The molecule has 102 valence electrons. The minimum absolute atomic E-state index is 0.0113. The molecule has 1 N–H and O–H groups in total. The van der Waals surface area contributed by atoms with Crippen LogP contribution in [0, 0.1) is 5.92 Å². The van der Waals surface area contributed by atoms with Gasteiger partial charge in [-0.2, -0.15) is 5.06 Å². The zero-order valence-electron chi connectivity index (χ0n) is 11.8. The van der Waals surface area contributed by atoms with Crippen LogP contribution in [0.15, 0.2) is 0 Å². The Labute approximate surface area is 105 Å². The van der Waals surface area contributed by atoms with Crippen molar-refractivity contribution in [1.82, 2.24) is 5.06 Å². The first-order valence-corrected chi connectivity index (χ1v) is 6.56. The second-order valence-corrected chi connectivity index (χ2v) is 5.03. The van der Waals surface area contributed by atoms with Crippen LogP contribution >= 0.6 is 0 Å². The van der Waals surface area contributed by atoms with Crippen molar-refractivity contribution in [2.24, 2.45) is 5.92 Å². The Bertz CT molecular complexity index is 217. The van der Waals surface area contributed by atoms with E-state index >= 15 is 0 Å². The van der Waals surface area contributed by atoms with E-state index in [0.717, 1.165) is 19.3 Å². The third kappa shape index (κ3) is 6.64.